The molecule has 7 nitrogen and oxygen atoms in total. The van der Waals surface area contributed by atoms with E-state index in [1.165, 1.54) is 0 Å². The Labute approximate surface area is 143 Å². The van der Waals surface area contributed by atoms with Crippen molar-refractivity contribution >= 4 is 10.0 Å². The molecule has 0 fully saturated rings. The number of ether oxygens (including phenoxy) is 1. The van der Waals surface area contributed by atoms with Crippen LogP contribution >= 0.6 is 0 Å². The number of benzene rings is 1. The molecule has 0 bridgehead atoms. The molecule has 0 amide bonds. The molecule has 0 aliphatic rings. The monoisotopic (exact) mass is 352 g/mol. The molecule has 24 heavy (non-hydrogen) atoms. The quantitative estimate of drug-likeness (QED) is 0.779. The number of sulfonamides is 1. The van der Waals surface area contributed by atoms with Gasteiger partial charge in [-0.05, 0) is 18.1 Å². The van der Waals surface area contributed by atoms with Crippen LogP contribution in [0.15, 0.2) is 24.3 Å². The first-order chi connectivity index (χ1) is 11.3. The van der Waals surface area contributed by atoms with E-state index < -0.39 is 10.0 Å². The fourth-order valence-corrected chi connectivity index (χ4v) is 2.82. The summed E-state index contributed by atoms with van der Waals surface area (Å²) in [4.78, 5) is 4.58. The van der Waals surface area contributed by atoms with Crippen molar-refractivity contribution in [2.24, 2.45) is 5.92 Å². The van der Waals surface area contributed by atoms with Gasteiger partial charge in [0.1, 0.15) is 17.3 Å². The maximum Gasteiger partial charge on any atom is 0.208 e. The zero-order chi connectivity index (χ0) is 17.7. The summed E-state index contributed by atoms with van der Waals surface area (Å²) in [6, 6.07) is 7.55. The van der Waals surface area contributed by atoms with E-state index in [-0.39, 0.29) is 6.54 Å². The van der Waals surface area contributed by atoms with Crippen LogP contribution in [-0.2, 0) is 22.9 Å². The number of nitrogens with one attached hydrogen (secondary N) is 1. The highest BCUT2D eigenvalue weighted by molar-refractivity contribution is 7.88. The van der Waals surface area contributed by atoms with Crippen LogP contribution in [-0.4, -0.2) is 43.1 Å². The van der Waals surface area contributed by atoms with Crippen molar-refractivity contribution < 1.29 is 13.2 Å². The summed E-state index contributed by atoms with van der Waals surface area (Å²) < 4.78 is 32.1. The molecule has 0 aliphatic carbocycles. The first-order valence-electron chi connectivity index (χ1n) is 7.83. The number of methoxy groups -OCH3 is 1. The number of hydrogen-bond donors (Lipinski definition) is 1. The molecule has 0 atom stereocenters. The van der Waals surface area contributed by atoms with E-state index in [4.69, 9.17) is 4.74 Å². The third kappa shape index (κ3) is 5.04. The molecule has 0 saturated heterocycles. The molecule has 1 heterocycles. The van der Waals surface area contributed by atoms with Crippen LogP contribution < -0.4 is 9.46 Å². The van der Waals surface area contributed by atoms with Gasteiger partial charge in [-0.2, -0.15) is 5.10 Å². The molecular formula is C16H24N4O3S. The normalized spacial score (nSPS) is 11.9. The van der Waals surface area contributed by atoms with Gasteiger partial charge >= 0.3 is 0 Å². The zero-order valence-corrected chi connectivity index (χ0v) is 15.3. The molecule has 0 spiro atoms. The fourth-order valence-electron chi connectivity index (χ4n) is 2.35. The Morgan fingerprint density at radius 2 is 2.00 bits per heavy atom. The van der Waals surface area contributed by atoms with Gasteiger partial charge in [-0.15, -0.1) is 0 Å². The molecule has 0 unspecified atom stereocenters. The van der Waals surface area contributed by atoms with Gasteiger partial charge in [0.05, 0.1) is 13.4 Å². The van der Waals surface area contributed by atoms with Crippen LogP contribution in [0, 0.1) is 5.92 Å². The lowest BCUT2D eigenvalue weighted by Gasteiger charge is -2.10. The van der Waals surface area contributed by atoms with Gasteiger partial charge in [0.25, 0.3) is 0 Å². The smallest absolute Gasteiger partial charge is 0.208 e. The number of para-hydroxylation sites is 2. The molecule has 2 rings (SSSR count). The molecule has 0 aliphatic heterocycles. The lowest BCUT2D eigenvalue weighted by molar-refractivity contribution is 0.411. The van der Waals surface area contributed by atoms with E-state index in [1.54, 1.807) is 11.8 Å². The fraction of sp³-hybridized carbons (Fsp3) is 0.500. The van der Waals surface area contributed by atoms with Gasteiger partial charge in [-0.3, -0.25) is 0 Å². The van der Waals surface area contributed by atoms with Crippen molar-refractivity contribution in [3.05, 3.63) is 35.9 Å². The lowest BCUT2D eigenvalue weighted by Crippen LogP contribution is -2.25. The van der Waals surface area contributed by atoms with Gasteiger partial charge in [0, 0.05) is 19.4 Å². The van der Waals surface area contributed by atoms with Gasteiger partial charge < -0.3 is 4.74 Å². The van der Waals surface area contributed by atoms with E-state index in [2.05, 4.69) is 28.7 Å². The van der Waals surface area contributed by atoms with Crippen LogP contribution in [0.4, 0.5) is 0 Å². The Morgan fingerprint density at radius 1 is 1.29 bits per heavy atom. The Balaban J connectivity index is 2.35. The largest absolute Gasteiger partial charge is 0.494 e. The summed E-state index contributed by atoms with van der Waals surface area (Å²) in [7, 11) is -1.62. The summed E-state index contributed by atoms with van der Waals surface area (Å²) in [5.41, 5.74) is 0.789. The number of aromatic nitrogens is 3. The van der Waals surface area contributed by atoms with Gasteiger partial charge in [-0.25, -0.2) is 22.8 Å². The molecule has 1 N–H and O–H groups in total. The van der Waals surface area contributed by atoms with Crippen molar-refractivity contribution in [2.45, 2.75) is 26.7 Å². The molecule has 1 aromatic carbocycles. The van der Waals surface area contributed by atoms with Gasteiger partial charge in [0.2, 0.25) is 10.0 Å². The molecule has 0 saturated carbocycles. The minimum atomic E-state index is -3.23. The minimum Gasteiger partial charge on any atom is -0.494 e. The van der Waals surface area contributed by atoms with Crippen molar-refractivity contribution in [1.29, 1.82) is 0 Å². The summed E-state index contributed by atoms with van der Waals surface area (Å²) in [6.07, 6.45) is 2.34. The highest BCUT2D eigenvalue weighted by Crippen LogP contribution is 2.23. The Bertz CT molecular complexity index is 784. The van der Waals surface area contributed by atoms with Crippen molar-refractivity contribution in [1.82, 2.24) is 19.5 Å². The topological polar surface area (TPSA) is 86.1 Å². The van der Waals surface area contributed by atoms with E-state index >= 15 is 0 Å². The number of hydrogen-bond acceptors (Lipinski definition) is 5. The summed E-state index contributed by atoms with van der Waals surface area (Å²) in [5.74, 6) is 2.56. The Hall–Kier alpha value is -1.93. The van der Waals surface area contributed by atoms with E-state index in [0.717, 1.165) is 24.2 Å². The van der Waals surface area contributed by atoms with Crippen molar-refractivity contribution in [2.75, 3.05) is 19.9 Å². The first-order valence-corrected chi connectivity index (χ1v) is 9.72. The highest BCUT2D eigenvalue weighted by Gasteiger charge is 2.16. The average Bonchev–Trinajstić information content (AvgIpc) is 2.87. The van der Waals surface area contributed by atoms with E-state index in [9.17, 15) is 8.42 Å². The average molecular weight is 352 g/mol. The second-order valence-corrected chi connectivity index (χ2v) is 7.88. The summed E-state index contributed by atoms with van der Waals surface area (Å²) >= 11 is 0. The van der Waals surface area contributed by atoms with Crippen molar-refractivity contribution in [3.8, 4) is 11.4 Å². The zero-order valence-electron chi connectivity index (χ0n) is 14.5. The van der Waals surface area contributed by atoms with E-state index in [1.807, 2.05) is 24.3 Å². The van der Waals surface area contributed by atoms with E-state index in [0.29, 0.717) is 23.9 Å². The maximum atomic E-state index is 11.3. The van der Waals surface area contributed by atoms with Crippen molar-refractivity contribution in [3.63, 3.8) is 0 Å². The minimum absolute atomic E-state index is 0.272. The molecule has 0 radical (unpaired) electrons. The standard InChI is InChI=1S/C16H24N4O3S/c1-12(2)11-15-18-16(9-10-17-24(4,21)22)20(19-15)13-7-5-6-8-14(13)23-3/h5-8,12,17H,9-11H2,1-4H3. The highest BCUT2D eigenvalue weighted by atomic mass is 32.2. The number of rotatable bonds is 8. The molecule has 8 heteroatoms. The van der Waals surface area contributed by atoms with Crippen LogP contribution in [0.5, 0.6) is 5.75 Å². The summed E-state index contributed by atoms with van der Waals surface area (Å²) in [6.45, 7) is 4.48. The van der Waals surface area contributed by atoms with Gasteiger partial charge in [-0.1, -0.05) is 26.0 Å². The third-order valence-electron chi connectivity index (χ3n) is 3.34. The third-order valence-corrected chi connectivity index (χ3v) is 4.06. The lowest BCUT2D eigenvalue weighted by atomic mass is 10.1. The number of nitrogens with zero attached hydrogens (tertiary/aromatic N) is 3. The molecular weight excluding hydrogens is 328 g/mol. The van der Waals surface area contributed by atoms with Crippen LogP contribution in [0.25, 0.3) is 5.69 Å². The predicted molar refractivity (Wildman–Crippen MR) is 93.0 cm³/mol. The molecule has 132 valence electrons. The molecule has 2 aromatic rings. The first kappa shape index (κ1) is 18.4. The SMILES string of the molecule is COc1ccccc1-n1nc(CC(C)C)nc1CCNS(C)(=O)=O. The van der Waals surface area contributed by atoms with Crippen LogP contribution in [0.1, 0.15) is 25.5 Å². The second-order valence-electron chi connectivity index (χ2n) is 6.04. The maximum absolute atomic E-state index is 11.3. The predicted octanol–water partition coefficient (Wildman–Crippen LogP) is 1.57. The van der Waals surface area contributed by atoms with Gasteiger partial charge in [0.15, 0.2) is 5.82 Å². The molecule has 1 aromatic heterocycles. The van der Waals surface area contributed by atoms with Crippen LogP contribution in [0.3, 0.4) is 0 Å². The van der Waals surface area contributed by atoms with Crippen LogP contribution in [0.2, 0.25) is 0 Å². The Kier molecular flexibility index (Phi) is 5.95. The summed E-state index contributed by atoms with van der Waals surface area (Å²) in [5, 5.41) is 4.59. The Morgan fingerprint density at radius 3 is 2.62 bits per heavy atom. The second kappa shape index (κ2) is 7.76.